The van der Waals surface area contributed by atoms with Gasteiger partial charge in [-0.1, -0.05) is 0 Å². The highest BCUT2D eigenvalue weighted by Gasteiger charge is 2.22. The molecule has 0 radical (unpaired) electrons. The van der Waals surface area contributed by atoms with Crippen LogP contribution in [0.3, 0.4) is 0 Å². The molecule has 2 unspecified atom stereocenters. The zero-order valence-electron chi connectivity index (χ0n) is 9.26. The van der Waals surface area contributed by atoms with Gasteiger partial charge in [-0.25, -0.2) is 4.21 Å². The van der Waals surface area contributed by atoms with Crippen molar-refractivity contribution >= 4 is 11.1 Å². The molecule has 90 valence electrons. The molecule has 0 aromatic rings. The Kier molecular flexibility index (Phi) is 5.74. The molecule has 0 saturated carbocycles. The second-order valence-corrected chi connectivity index (χ2v) is 5.35. The first-order valence-electron chi connectivity index (χ1n) is 5.57. The van der Waals surface area contributed by atoms with Crippen LogP contribution in [0.25, 0.3) is 0 Å². The van der Waals surface area contributed by atoms with Crippen molar-refractivity contribution in [3.8, 4) is 0 Å². The fourth-order valence-corrected chi connectivity index (χ4v) is 2.45. The summed E-state index contributed by atoms with van der Waals surface area (Å²) in [4.78, 5) is 2.31. The number of rotatable bonds is 5. The molecular formula is C10H21NO3S. The van der Waals surface area contributed by atoms with E-state index in [9.17, 15) is 9.32 Å². The van der Waals surface area contributed by atoms with E-state index in [4.69, 9.17) is 4.55 Å². The summed E-state index contributed by atoms with van der Waals surface area (Å²) in [6, 6.07) is 0. The van der Waals surface area contributed by atoms with Crippen molar-refractivity contribution in [3.05, 3.63) is 0 Å². The van der Waals surface area contributed by atoms with E-state index in [1.165, 1.54) is 0 Å². The summed E-state index contributed by atoms with van der Waals surface area (Å²) in [6.45, 7) is 4.77. The Hall–Kier alpha value is 0.0300. The van der Waals surface area contributed by atoms with Crippen molar-refractivity contribution < 1.29 is 13.9 Å². The van der Waals surface area contributed by atoms with Gasteiger partial charge in [-0.2, -0.15) is 0 Å². The molecular weight excluding hydrogens is 214 g/mol. The second kappa shape index (κ2) is 6.58. The zero-order valence-corrected chi connectivity index (χ0v) is 10.1. The van der Waals surface area contributed by atoms with Crippen LogP contribution in [0.1, 0.15) is 26.2 Å². The van der Waals surface area contributed by atoms with Crippen LogP contribution in [0, 0.1) is 5.92 Å². The zero-order chi connectivity index (χ0) is 11.3. The molecule has 1 heterocycles. The van der Waals surface area contributed by atoms with Crippen LogP contribution in [0.4, 0.5) is 0 Å². The van der Waals surface area contributed by atoms with Crippen LogP contribution in [0.5, 0.6) is 0 Å². The van der Waals surface area contributed by atoms with Gasteiger partial charge in [0.05, 0.1) is 11.9 Å². The summed E-state index contributed by atoms with van der Waals surface area (Å²) in [5.74, 6) is 0.810. The van der Waals surface area contributed by atoms with Crippen molar-refractivity contribution in [1.82, 2.24) is 4.90 Å². The highest BCUT2D eigenvalue weighted by molar-refractivity contribution is 7.79. The van der Waals surface area contributed by atoms with Gasteiger partial charge in [0.25, 0.3) is 0 Å². The number of aliphatic hydroxyl groups is 1. The Morgan fingerprint density at radius 2 is 2.07 bits per heavy atom. The summed E-state index contributed by atoms with van der Waals surface area (Å²) in [5.41, 5.74) is 0. The van der Waals surface area contributed by atoms with Crippen LogP contribution in [0.15, 0.2) is 0 Å². The van der Waals surface area contributed by atoms with Gasteiger partial charge < -0.3 is 14.6 Å². The van der Waals surface area contributed by atoms with E-state index in [2.05, 4.69) is 4.90 Å². The Labute approximate surface area is 93.9 Å². The second-order valence-electron chi connectivity index (χ2n) is 4.30. The molecule has 1 aliphatic rings. The summed E-state index contributed by atoms with van der Waals surface area (Å²) in [6.07, 6.45) is 2.67. The van der Waals surface area contributed by atoms with Crippen molar-refractivity contribution in [2.24, 2.45) is 5.92 Å². The van der Waals surface area contributed by atoms with Gasteiger partial charge >= 0.3 is 0 Å². The van der Waals surface area contributed by atoms with Gasteiger partial charge in [0.15, 0.2) is 11.1 Å². The molecule has 5 heteroatoms. The Balaban J connectivity index is 2.12. The third-order valence-corrected chi connectivity index (χ3v) is 3.75. The van der Waals surface area contributed by atoms with E-state index in [-0.39, 0.29) is 6.10 Å². The van der Waals surface area contributed by atoms with Gasteiger partial charge in [-0.15, -0.1) is 0 Å². The largest absolute Gasteiger partial charge is 0.393 e. The first kappa shape index (κ1) is 13.1. The summed E-state index contributed by atoms with van der Waals surface area (Å²) < 4.78 is 19.1. The molecule has 0 bridgehead atoms. The van der Waals surface area contributed by atoms with Crippen LogP contribution in [-0.4, -0.2) is 50.3 Å². The molecule has 0 aliphatic carbocycles. The normalized spacial score (nSPS) is 23.9. The van der Waals surface area contributed by atoms with Crippen LogP contribution >= 0.6 is 0 Å². The van der Waals surface area contributed by atoms with Crippen molar-refractivity contribution in [1.29, 1.82) is 0 Å². The lowest BCUT2D eigenvalue weighted by Gasteiger charge is -2.33. The molecule has 0 aromatic carbocycles. The molecule has 1 saturated heterocycles. The standard InChI is InChI=1S/C10H21NO3S/c1-9(12)10-3-6-11(7-4-10)5-2-8-15(13)14/h9-10,12H,2-8H2,1H3,(H,13,14). The van der Waals surface area contributed by atoms with Gasteiger partial charge in [-0.3, -0.25) is 0 Å². The number of hydrogen-bond acceptors (Lipinski definition) is 3. The van der Waals surface area contributed by atoms with Gasteiger partial charge in [-0.05, 0) is 51.7 Å². The summed E-state index contributed by atoms with van der Waals surface area (Å²) in [5, 5.41) is 9.42. The highest BCUT2D eigenvalue weighted by Crippen LogP contribution is 2.20. The predicted molar refractivity (Wildman–Crippen MR) is 61.1 cm³/mol. The number of likely N-dealkylation sites (tertiary alicyclic amines) is 1. The minimum atomic E-state index is -1.65. The Bertz CT molecular complexity index is 203. The van der Waals surface area contributed by atoms with E-state index in [0.717, 1.165) is 38.9 Å². The van der Waals surface area contributed by atoms with Crippen LogP contribution in [0.2, 0.25) is 0 Å². The molecule has 2 atom stereocenters. The van der Waals surface area contributed by atoms with Crippen LogP contribution < -0.4 is 0 Å². The fraction of sp³-hybridized carbons (Fsp3) is 1.00. The quantitative estimate of drug-likeness (QED) is 0.688. The Morgan fingerprint density at radius 3 is 2.53 bits per heavy atom. The molecule has 0 amide bonds. The maximum Gasteiger partial charge on any atom is 0.152 e. The van der Waals surface area contributed by atoms with E-state index >= 15 is 0 Å². The lowest BCUT2D eigenvalue weighted by atomic mass is 9.92. The lowest BCUT2D eigenvalue weighted by molar-refractivity contribution is 0.0720. The van der Waals surface area contributed by atoms with E-state index in [1.54, 1.807) is 0 Å². The maximum absolute atomic E-state index is 10.4. The molecule has 0 spiro atoms. The average Bonchev–Trinajstić information content (AvgIpc) is 2.18. The SMILES string of the molecule is CC(O)C1CCN(CCCS(=O)O)CC1. The summed E-state index contributed by atoms with van der Waals surface area (Å²) >= 11 is -1.65. The molecule has 15 heavy (non-hydrogen) atoms. The molecule has 1 fully saturated rings. The first-order chi connectivity index (χ1) is 7.09. The molecule has 1 rings (SSSR count). The molecule has 1 aliphatic heterocycles. The van der Waals surface area contributed by atoms with E-state index in [1.807, 2.05) is 6.92 Å². The van der Waals surface area contributed by atoms with Gasteiger partial charge in [0, 0.05) is 0 Å². The Morgan fingerprint density at radius 1 is 1.47 bits per heavy atom. The molecule has 0 aromatic heterocycles. The number of hydrogen-bond donors (Lipinski definition) is 2. The minimum absolute atomic E-state index is 0.197. The third-order valence-electron chi connectivity index (χ3n) is 3.11. The molecule has 2 N–H and O–H groups in total. The van der Waals surface area contributed by atoms with Crippen LogP contribution in [-0.2, 0) is 11.1 Å². The average molecular weight is 235 g/mol. The van der Waals surface area contributed by atoms with Gasteiger partial charge in [0.1, 0.15) is 0 Å². The summed E-state index contributed by atoms with van der Waals surface area (Å²) in [7, 11) is 0. The third kappa shape index (κ3) is 5.06. The van der Waals surface area contributed by atoms with Crippen molar-refractivity contribution in [2.45, 2.75) is 32.3 Å². The van der Waals surface area contributed by atoms with E-state index in [0.29, 0.717) is 11.7 Å². The number of piperidine rings is 1. The fourth-order valence-electron chi connectivity index (χ4n) is 2.07. The number of aliphatic hydroxyl groups excluding tert-OH is 1. The minimum Gasteiger partial charge on any atom is -0.393 e. The monoisotopic (exact) mass is 235 g/mol. The smallest absolute Gasteiger partial charge is 0.152 e. The first-order valence-corrected chi connectivity index (χ1v) is 6.85. The van der Waals surface area contributed by atoms with Crippen molar-refractivity contribution in [2.75, 3.05) is 25.4 Å². The molecule has 4 nitrogen and oxygen atoms in total. The van der Waals surface area contributed by atoms with Crippen molar-refractivity contribution in [3.63, 3.8) is 0 Å². The predicted octanol–water partition coefficient (Wildman–Crippen LogP) is 0.691. The topological polar surface area (TPSA) is 60.8 Å². The highest BCUT2D eigenvalue weighted by atomic mass is 32.2. The lowest BCUT2D eigenvalue weighted by Crippen LogP contribution is -2.37. The van der Waals surface area contributed by atoms with Gasteiger partial charge in [0.2, 0.25) is 0 Å². The number of nitrogens with zero attached hydrogens (tertiary/aromatic N) is 1. The van der Waals surface area contributed by atoms with E-state index < -0.39 is 11.1 Å². The maximum atomic E-state index is 10.4.